The molecule has 0 saturated heterocycles. The number of benzene rings is 1. The van der Waals surface area contributed by atoms with Gasteiger partial charge in [-0.1, -0.05) is 40.2 Å². The molecule has 0 fully saturated rings. The standard InChI is InChI=1S/C15H14BrN3OS/c16-14-7-2-1-5-12(14)10-21-11-15(20)19-18-9-13-6-3-4-8-17-13/h1-9H,10-11H2,(H,19,20)/b18-9-. The smallest absolute Gasteiger partial charge is 0.250 e. The average molecular weight is 364 g/mol. The van der Waals surface area contributed by atoms with E-state index in [0.29, 0.717) is 11.4 Å². The van der Waals surface area contributed by atoms with E-state index in [-0.39, 0.29) is 5.91 Å². The van der Waals surface area contributed by atoms with Crippen molar-refractivity contribution < 1.29 is 4.79 Å². The molecule has 0 unspecified atom stereocenters. The van der Waals surface area contributed by atoms with E-state index in [9.17, 15) is 4.79 Å². The van der Waals surface area contributed by atoms with Gasteiger partial charge in [0.25, 0.3) is 0 Å². The third-order valence-electron chi connectivity index (χ3n) is 2.52. The normalized spacial score (nSPS) is 10.7. The number of nitrogens with one attached hydrogen (secondary N) is 1. The number of aromatic nitrogens is 1. The van der Waals surface area contributed by atoms with Crippen LogP contribution in [0.2, 0.25) is 0 Å². The Balaban J connectivity index is 1.71. The lowest BCUT2D eigenvalue weighted by atomic mass is 10.2. The number of carbonyl (C=O) groups excluding carboxylic acids is 1. The minimum absolute atomic E-state index is 0.126. The summed E-state index contributed by atoms with van der Waals surface area (Å²) < 4.78 is 1.06. The second-order valence-electron chi connectivity index (χ2n) is 4.13. The highest BCUT2D eigenvalue weighted by Crippen LogP contribution is 2.20. The first-order valence-electron chi connectivity index (χ1n) is 6.30. The highest BCUT2D eigenvalue weighted by Gasteiger charge is 2.02. The lowest BCUT2D eigenvalue weighted by molar-refractivity contribution is -0.118. The van der Waals surface area contributed by atoms with E-state index in [1.54, 1.807) is 18.0 Å². The van der Waals surface area contributed by atoms with E-state index >= 15 is 0 Å². The summed E-state index contributed by atoms with van der Waals surface area (Å²) in [6.45, 7) is 0. The topological polar surface area (TPSA) is 54.4 Å². The second kappa shape index (κ2) is 8.59. The molecular weight excluding hydrogens is 350 g/mol. The molecule has 1 heterocycles. The molecule has 4 nitrogen and oxygen atoms in total. The predicted octanol–water partition coefficient (Wildman–Crippen LogP) is 3.23. The molecule has 2 aromatic rings. The Bertz CT molecular complexity index is 619. The molecule has 0 aliphatic rings. The van der Waals surface area contributed by atoms with Gasteiger partial charge in [-0.2, -0.15) is 5.10 Å². The van der Waals surface area contributed by atoms with Gasteiger partial charge in [-0.3, -0.25) is 9.78 Å². The lowest BCUT2D eigenvalue weighted by Crippen LogP contribution is -2.19. The largest absolute Gasteiger partial charge is 0.272 e. The summed E-state index contributed by atoms with van der Waals surface area (Å²) >= 11 is 5.03. The zero-order chi connectivity index (χ0) is 14.9. The van der Waals surface area contributed by atoms with E-state index in [4.69, 9.17) is 0 Å². The predicted molar refractivity (Wildman–Crippen MR) is 90.3 cm³/mol. The van der Waals surface area contributed by atoms with Crippen LogP contribution in [0.5, 0.6) is 0 Å². The molecule has 1 amide bonds. The maximum atomic E-state index is 11.6. The van der Waals surface area contributed by atoms with E-state index < -0.39 is 0 Å². The maximum absolute atomic E-state index is 11.6. The van der Waals surface area contributed by atoms with Crippen molar-refractivity contribution >= 4 is 39.8 Å². The fourth-order valence-corrected chi connectivity index (χ4v) is 2.96. The van der Waals surface area contributed by atoms with Crippen molar-refractivity contribution in [3.63, 3.8) is 0 Å². The average Bonchev–Trinajstić information content (AvgIpc) is 2.50. The van der Waals surface area contributed by atoms with Gasteiger partial charge in [0.15, 0.2) is 0 Å². The second-order valence-corrected chi connectivity index (χ2v) is 5.97. The van der Waals surface area contributed by atoms with E-state index in [2.05, 4.69) is 31.4 Å². The van der Waals surface area contributed by atoms with Crippen molar-refractivity contribution in [2.45, 2.75) is 5.75 Å². The van der Waals surface area contributed by atoms with Crippen molar-refractivity contribution in [2.24, 2.45) is 5.10 Å². The number of halogens is 1. The number of hydrazone groups is 1. The number of pyridine rings is 1. The van der Waals surface area contributed by atoms with Crippen LogP contribution in [0.3, 0.4) is 0 Å². The van der Waals surface area contributed by atoms with Crippen LogP contribution in [0, 0.1) is 0 Å². The maximum Gasteiger partial charge on any atom is 0.250 e. The zero-order valence-corrected chi connectivity index (χ0v) is 13.6. The Kier molecular flexibility index (Phi) is 6.43. The van der Waals surface area contributed by atoms with Crippen molar-refractivity contribution in [2.75, 3.05) is 5.75 Å². The van der Waals surface area contributed by atoms with Crippen molar-refractivity contribution in [1.29, 1.82) is 0 Å². The molecule has 0 saturated carbocycles. The van der Waals surface area contributed by atoms with Crippen LogP contribution >= 0.6 is 27.7 Å². The molecule has 0 aliphatic heterocycles. The molecular formula is C15H14BrN3OS. The fourth-order valence-electron chi connectivity index (χ4n) is 1.52. The van der Waals surface area contributed by atoms with E-state index in [1.807, 2.05) is 42.5 Å². The van der Waals surface area contributed by atoms with Gasteiger partial charge in [0.1, 0.15) is 0 Å². The van der Waals surface area contributed by atoms with Crippen LogP contribution in [0.25, 0.3) is 0 Å². The molecule has 21 heavy (non-hydrogen) atoms. The first-order valence-corrected chi connectivity index (χ1v) is 8.24. The summed E-state index contributed by atoms with van der Waals surface area (Å²) in [4.78, 5) is 15.7. The van der Waals surface area contributed by atoms with Crippen molar-refractivity contribution in [3.05, 3.63) is 64.4 Å². The van der Waals surface area contributed by atoms with Gasteiger partial charge in [0.2, 0.25) is 5.91 Å². The molecule has 1 N–H and O–H groups in total. The van der Waals surface area contributed by atoms with Crippen molar-refractivity contribution in [3.8, 4) is 0 Å². The molecule has 1 aromatic heterocycles. The highest BCUT2D eigenvalue weighted by atomic mass is 79.9. The summed E-state index contributed by atoms with van der Waals surface area (Å²) in [5.41, 5.74) is 4.37. The van der Waals surface area contributed by atoms with Crippen LogP contribution in [0.1, 0.15) is 11.3 Å². The SMILES string of the molecule is O=C(CSCc1ccccc1Br)N/N=C\c1ccccn1. The summed E-state index contributed by atoms with van der Waals surface area (Å²) in [5, 5.41) is 3.88. The third-order valence-corrected chi connectivity index (χ3v) is 4.28. The van der Waals surface area contributed by atoms with Crippen LogP contribution in [-0.2, 0) is 10.5 Å². The fraction of sp³-hybridized carbons (Fsp3) is 0.133. The van der Waals surface area contributed by atoms with Crippen molar-refractivity contribution in [1.82, 2.24) is 10.4 Å². The highest BCUT2D eigenvalue weighted by molar-refractivity contribution is 9.10. The third kappa shape index (κ3) is 5.69. The molecule has 0 spiro atoms. The minimum atomic E-state index is -0.126. The van der Waals surface area contributed by atoms with Gasteiger partial charge >= 0.3 is 0 Å². The van der Waals surface area contributed by atoms with Gasteiger partial charge in [0.05, 0.1) is 17.7 Å². The first kappa shape index (κ1) is 15.7. The van der Waals surface area contributed by atoms with Gasteiger partial charge in [-0.25, -0.2) is 5.43 Å². The lowest BCUT2D eigenvalue weighted by Gasteiger charge is -2.03. The molecule has 1 aromatic carbocycles. The van der Waals surface area contributed by atoms with Crippen LogP contribution < -0.4 is 5.43 Å². The number of hydrogen-bond donors (Lipinski definition) is 1. The Morgan fingerprint density at radius 1 is 1.29 bits per heavy atom. The summed E-state index contributed by atoms with van der Waals surface area (Å²) in [6.07, 6.45) is 3.20. The summed E-state index contributed by atoms with van der Waals surface area (Å²) in [6, 6.07) is 13.5. The van der Waals surface area contributed by atoms with Crippen LogP contribution in [-0.4, -0.2) is 22.9 Å². The van der Waals surface area contributed by atoms with Gasteiger partial charge < -0.3 is 0 Å². The van der Waals surface area contributed by atoms with Gasteiger partial charge in [0, 0.05) is 16.4 Å². The number of hydrogen-bond acceptors (Lipinski definition) is 4. The molecule has 0 radical (unpaired) electrons. The number of rotatable bonds is 6. The Morgan fingerprint density at radius 2 is 2.10 bits per heavy atom. The minimum Gasteiger partial charge on any atom is -0.272 e. The Labute approximate surface area is 136 Å². The van der Waals surface area contributed by atoms with Gasteiger partial charge in [-0.05, 0) is 23.8 Å². The first-order chi connectivity index (χ1) is 10.3. The number of amides is 1. The number of thioether (sulfide) groups is 1. The zero-order valence-electron chi connectivity index (χ0n) is 11.2. The molecule has 108 valence electrons. The Hall–Kier alpha value is -1.66. The quantitative estimate of drug-likeness (QED) is 0.633. The molecule has 0 atom stereocenters. The molecule has 2 rings (SSSR count). The van der Waals surface area contributed by atoms with Gasteiger partial charge in [-0.15, -0.1) is 11.8 Å². The van der Waals surface area contributed by atoms with E-state index in [0.717, 1.165) is 10.2 Å². The monoisotopic (exact) mass is 363 g/mol. The molecule has 0 bridgehead atoms. The van der Waals surface area contributed by atoms with Crippen LogP contribution in [0.4, 0.5) is 0 Å². The Morgan fingerprint density at radius 3 is 2.86 bits per heavy atom. The number of carbonyl (C=O) groups is 1. The summed E-state index contributed by atoms with van der Waals surface area (Å²) in [5.74, 6) is 1.01. The molecule has 6 heteroatoms. The van der Waals surface area contributed by atoms with E-state index in [1.165, 1.54) is 11.8 Å². The van der Waals surface area contributed by atoms with Crippen LogP contribution in [0.15, 0.2) is 58.2 Å². The number of nitrogens with zero attached hydrogens (tertiary/aromatic N) is 2. The summed E-state index contributed by atoms with van der Waals surface area (Å²) in [7, 11) is 0. The molecule has 0 aliphatic carbocycles.